The molecule has 1 aliphatic heterocycles. The lowest BCUT2D eigenvalue weighted by atomic mass is 10.1. The second-order valence-corrected chi connectivity index (χ2v) is 9.04. The number of benzene rings is 1. The molecule has 0 radical (unpaired) electrons. The Balaban J connectivity index is 1.44. The lowest BCUT2D eigenvalue weighted by Gasteiger charge is -2.36. The van der Waals surface area contributed by atoms with Crippen molar-refractivity contribution in [1.82, 2.24) is 20.3 Å². The molecule has 1 unspecified atom stereocenters. The number of hydrogen-bond acceptors (Lipinski definition) is 8. The molecule has 4 N–H and O–H groups in total. The molecule has 8 nitrogen and oxygen atoms in total. The Bertz CT molecular complexity index is 1260. The molecule has 4 heterocycles. The Labute approximate surface area is 190 Å². The van der Waals surface area contributed by atoms with Crippen molar-refractivity contribution in [2.45, 2.75) is 19.9 Å². The van der Waals surface area contributed by atoms with Crippen LogP contribution in [0.25, 0.3) is 21.6 Å². The maximum Gasteiger partial charge on any atom is 0.229 e. The van der Waals surface area contributed by atoms with E-state index in [1.807, 2.05) is 19.2 Å². The molecule has 4 aromatic rings. The summed E-state index contributed by atoms with van der Waals surface area (Å²) < 4.78 is 0. The third-order valence-electron chi connectivity index (χ3n) is 5.74. The highest BCUT2D eigenvalue weighted by Crippen LogP contribution is 2.34. The highest BCUT2D eigenvalue weighted by atomic mass is 32.1. The first-order valence-electron chi connectivity index (χ1n) is 10.6. The van der Waals surface area contributed by atoms with Crippen molar-refractivity contribution in [3.05, 3.63) is 53.0 Å². The molecule has 1 atom stereocenters. The second kappa shape index (κ2) is 8.60. The summed E-state index contributed by atoms with van der Waals surface area (Å²) in [6, 6.07) is 12.9. The summed E-state index contributed by atoms with van der Waals surface area (Å²) in [5, 5.41) is 19.8. The van der Waals surface area contributed by atoms with E-state index in [0.29, 0.717) is 12.0 Å². The van der Waals surface area contributed by atoms with Gasteiger partial charge in [0, 0.05) is 48.6 Å². The number of nitrogens with zero attached hydrogens (tertiary/aromatic N) is 4. The van der Waals surface area contributed by atoms with Crippen LogP contribution in [0.2, 0.25) is 0 Å². The summed E-state index contributed by atoms with van der Waals surface area (Å²) in [6.07, 6.45) is 3.33. The fourth-order valence-electron chi connectivity index (χ4n) is 4.07. The maximum absolute atomic E-state index is 8.92. The fraction of sp³-hybridized carbons (Fsp3) is 0.261. The summed E-state index contributed by atoms with van der Waals surface area (Å²) >= 11 is 1.54. The molecular weight excluding hydrogens is 422 g/mol. The third-order valence-corrected chi connectivity index (χ3v) is 6.92. The molecule has 5 rings (SSSR count). The molecule has 0 saturated carbocycles. The predicted octanol–water partition coefficient (Wildman–Crippen LogP) is 4.34. The van der Waals surface area contributed by atoms with E-state index in [2.05, 4.69) is 67.9 Å². The van der Waals surface area contributed by atoms with Crippen LogP contribution in [0.5, 0.6) is 0 Å². The molecular formula is C23H25N7OS. The summed E-state index contributed by atoms with van der Waals surface area (Å²) in [7, 11) is 0. The zero-order valence-electron chi connectivity index (χ0n) is 18.0. The van der Waals surface area contributed by atoms with Crippen molar-refractivity contribution in [1.29, 1.82) is 0 Å². The summed E-state index contributed by atoms with van der Waals surface area (Å²) in [6.45, 7) is 7.25. The minimum Gasteiger partial charge on any atom is -0.411 e. The van der Waals surface area contributed by atoms with E-state index in [1.54, 1.807) is 0 Å². The standard InChI is InChI=1S/C23H25N7OS/c1-14-11-19(32-20(14)13-26-31)21-18-7-8-25-22(18)29-23(28-21)27-16-3-5-17(6-4-16)30-10-9-24-12-15(30)2/h3-8,11,13,15,24,31H,9-10,12H2,1-2H3,(H2,25,27,28,29)/b26-13+. The molecule has 32 heavy (non-hydrogen) atoms. The van der Waals surface area contributed by atoms with Crippen LogP contribution < -0.4 is 15.5 Å². The van der Waals surface area contributed by atoms with Gasteiger partial charge in [0.15, 0.2) is 0 Å². The smallest absolute Gasteiger partial charge is 0.229 e. The first-order valence-corrected chi connectivity index (χ1v) is 11.4. The first kappa shape index (κ1) is 20.5. The Kier molecular flexibility index (Phi) is 5.50. The van der Waals surface area contributed by atoms with Crippen LogP contribution in [0.3, 0.4) is 0 Å². The number of aromatic amines is 1. The van der Waals surface area contributed by atoms with Gasteiger partial charge in [-0.1, -0.05) is 5.16 Å². The lowest BCUT2D eigenvalue weighted by Crippen LogP contribution is -2.49. The van der Waals surface area contributed by atoms with Crippen LogP contribution in [-0.2, 0) is 0 Å². The van der Waals surface area contributed by atoms with Crippen LogP contribution in [0.15, 0.2) is 47.8 Å². The van der Waals surface area contributed by atoms with E-state index in [9.17, 15) is 0 Å². The minimum absolute atomic E-state index is 0.471. The number of nitrogens with one attached hydrogen (secondary N) is 3. The van der Waals surface area contributed by atoms with Gasteiger partial charge in [-0.25, -0.2) is 4.98 Å². The Morgan fingerprint density at radius 3 is 2.88 bits per heavy atom. The quantitative estimate of drug-likeness (QED) is 0.206. The number of aromatic nitrogens is 3. The van der Waals surface area contributed by atoms with E-state index < -0.39 is 0 Å². The van der Waals surface area contributed by atoms with Crippen molar-refractivity contribution >= 4 is 45.9 Å². The first-order chi connectivity index (χ1) is 15.6. The normalized spacial score (nSPS) is 16.8. The monoisotopic (exact) mass is 447 g/mol. The van der Waals surface area contributed by atoms with Crippen molar-refractivity contribution < 1.29 is 5.21 Å². The third kappa shape index (κ3) is 3.92. The minimum atomic E-state index is 0.471. The number of thiophene rings is 1. The molecule has 3 aromatic heterocycles. The molecule has 0 bridgehead atoms. The van der Waals surface area contributed by atoms with Crippen molar-refractivity contribution in [3.63, 3.8) is 0 Å². The van der Waals surface area contributed by atoms with E-state index in [-0.39, 0.29) is 0 Å². The molecule has 1 fully saturated rings. The molecule has 0 amide bonds. The Morgan fingerprint density at radius 1 is 1.25 bits per heavy atom. The molecule has 1 aliphatic rings. The average Bonchev–Trinajstić information content (AvgIpc) is 3.41. The van der Waals surface area contributed by atoms with Crippen LogP contribution in [0, 0.1) is 6.92 Å². The number of oxime groups is 1. The van der Waals surface area contributed by atoms with Gasteiger partial charge in [0.2, 0.25) is 5.95 Å². The summed E-state index contributed by atoms with van der Waals surface area (Å²) in [5.74, 6) is 0.529. The van der Waals surface area contributed by atoms with E-state index in [1.165, 1.54) is 23.2 Å². The number of aryl methyl sites for hydroxylation is 1. The van der Waals surface area contributed by atoms with Gasteiger partial charge in [0.25, 0.3) is 0 Å². The van der Waals surface area contributed by atoms with Crippen molar-refractivity contribution in [2.24, 2.45) is 5.16 Å². The van der Waals surface area contributed by atoms with Gasteiger partial charge in [-0.2, -0.15) is 4.98 Å². The Morgan fingerprint density at radius 2 is 2.09 bits per heavy atom. The zero-order chi connectivity index (χ0) is 22.1. The Hall–Kier alpha value is -3.43. The van der Waals surface area contributed by atoms with Gasteiger partial charge in [-0.05, 0) is 55.8 Å². The van der Waals surface area contributed by atoms with E-state index >= 15 is 0 Å². The SMILES string of the molecule is Cc1cc(-c2nc(Nc3ccc(N4CCNCC4C)cc3)nc3[nH]ccc23)sc1/C=N/O. The maximum atomic E-state index is 8.92. The van der Waals surface area contributed by atoms with Crippen LogP contribution in [0.4, 0.5) is 17.3 Å². The van der Waals surface area contributed by atoms with Gasteiger partial charge in [-0.3, -0.25) is 0 Å². The predicted molar refractivity (Wildman–Crippen MR) is 131 cm³/mol. The highest BCUT2D eigenvalue weighted by Gasteiger charge is 2.18. The molecule has 164 valence electrons. The van der Waals surface area contributed by atoms with Gasteiger partial charge in [-0.15, -0.1) is 11.3 Å². The number of hydrogen-bond donors (Lipinski definition) is 4. The zero-order valence-corrected chi connectivity index (χ0v) is 18.8. The van der Waals surface area contributed by atoms with Gasteiger partial charge in [0.1, 0.15) is 5.65 Å². The van der Waals surface area contributed by atoms with Crippen LogP contribution in [-0.4, -0.2) is 52.0 Å². The largest absolute Gasteiger partial charge is 0.411 e. The molecule has 1 aromatic carbocycles. The van der Waals surface area contributed by atoms with Crippen molar-refractivity contribution in [3.8, 4) is 10.6 Å². The molecule has 0 aliphatic carbocycles. The van der Waals surface area contributed by atoms with Gasteiger partial charge >= 0.3 is 0 Å². The van der Waals surface area contributed by atoms with Crippen LogP contribution >= 0.6 is 11.3 Å². The van der Waals surface area contributed by atoms with E-state index in [0.717, 1.165) is 57.4 Å². The molecule has 0 spiro atoms. The van der Waals surface area contributed by atoms with Gasteiger partial charge in [0.05, 0.1) is 21.7 Å². The van der Waals surface area contributed by atoms with Crippen molar-refractivity contribution in [2.75, 3.05) is 29.9 Å². The number of anilines is 3. The lowest BCUT2D eigenvalue weighted by molar-refractivity contribution is 0.322. The number of rotatable bonds is 5. The summed E-state index contributed by atoms with van der Waals surface area (Å²) in [5.41, 5.74) is 4.81. The average molecular weight is 448 g/mol. The molecule has 9 heteroatoms. The highest BCUT2D eigenvalue weighted by molar-refractivity contribution is 7.17. The van der Waals surface area contributed by atoms with Crippen LogP contribution in [0.1, 0.15) is 17.4 Å². The fourth-order valence-corrected chi connectivity index (χ4v) is 5.11. The number of piperazine rings is 1. The van der Waals surface area contributed by atoms with E-state index in [4.69, 9.17) is 10.2 Å². The number of fused-ring (bicyclic) bond motifs is 1. The second-order valence-electron chi connectivity index (χ2n) is 7.96. The summed E-state index contributed by atoms with van der Waals surface area (Å²) in [4.78, 5) is 17.0. The topological polar surface area (TPSA) is 101 Å². The number of H-pyrrole nitrogens is 1. The molecule has 1 saturated heterocycles. The van der Waals surface area contributed by atoms with Gasteiger partial charge < -0.3 is 25.7 Å².